The van der Waals surface area contributed by atoms with Gasteiger partial charge in [0.2, 0.25) is 0 Å². The van der Waals surface area contributed by atoms with Gasteiger partial charge in [0, 0.05) is 15.5 Å². The maximum atomic E-state index is 14.7. The van der Waals surface area contributed by atoms with Crippen molar-refractivity contribution in [3.8, 4) is 21.9 Å². The van der Waals surface area contributed by atoms with E-state index in [0.29, 0.717) is 29.6 Å². The molecule has 0 saturated carbocycles. The van der Waals surface area contributed by atoms with Crippen molar-refractivity contribution in [2.45, 2.75) is 72.0 Å². The van der Waals surface area contributed by atoms with Crippen molar-refractivity contribution >= 4 is 23.9 Å². The highest BCUT2D eigenvalue weighted by molar-refractivity contribution is 7.29. The number of unbranched alkanes of at least 4 members (excludes halogenated alkanes) is 2. The van der Waals surface area contributed by atoms with Gasteiger partial charge in [-0.15, -0.1) is 11.3 Å². The third kappa shape index (κ3) is 4.97. The van der Waals surface area contributed by atoms with Crippen LogP contribution in [0.2, 0.25) is 19.6 Å². The number of hydrogen-bond donors (Lipinski definition) is 0. The summed E-state index contributed by atoms with van der Waals surface area (Å²) in [6.45, 7) is 12.0. The Kier molecular flexibility index (Phi) is 7.46. The Balaban J connectivity index is 2.09. The Morgan fingerprint density at radius 1 is 0.903 bits per heavy atom. The van der Waals surface area contributed by atoms with Gasteiger partial charge in [0.1, 0.15) is 0 Å². The second-order valence-electron chi connectivity index (χ2n) is 9.68. The average molecular weight is 471 g/mol. The molecule has 2 nitrogen and oxygen atoms in total. The largest absolute Gasteiger partial charge is 0.488 e. The second-order valence-corrected chi connectivity index (χ2v) is 16.1. The molecule has 0 atom stereocenters. The van der Waals surface area contributed by atoms with Crippen LogP contribution in [0.15, 0.2) is 12.1 Å². The number of benzene rings is 1. The van der Waals surface area contributed by atoms with Crippen molar-refractivity contribution in [1.29, 1.82) is 0 Å². The molecule has 31 heavy (non-hydrogen) atoms. The minimum atomic E-state index is -1.86. The van der Waals surface area contributed by atoms with Gasteiger partial charge < -0.3 is 9.47 Å². The first-order chi connectivity index (χ1) is 14.6. The molecule has 3 rings (SSSR count). The van der Waals surface area contributed by atoms with Crippen LogP contribution in [0, 0.1) is 22.9 Å². The molecule has 0 aliphatic carbocycles. The van der Waals surface area contributed by atoms with Gasteiger partial charge in [-0.2, -0.15) is 0 Å². The molecular formula is C24H33F3O2SSi. The lowest BCUT2D eigenvalue weighted by molar-refractivity contribution is 0.0797. The maximum absolute atomic E-state index is 14.7. The number of rotatable bonds is 8. The van der Waals surface area contributed by atoms with E-state index in [0.717, 1.165) is 49.1 Å². The van der Waals surface area contributed by atoms with Crippen molar-refractivity contribution < 1.29 is 22.6 Å². The van der Waals surface area contributed by atoms with Crippen LogP contribution in [0.4, 0.5) is 13.2 Å². The number of thiophene rings is 1. The van der Waals surface area contributed by atoms with Crippen LogP contribution in [0.5, 0.6) is 11.5 Å². The highest BCUT2D eigenvalue weighted by Gasteiger charge is 2.39. The highest BCUT2D eigenvalue weighted by atomic mass is 32.1. The molecule has 2 aromatic rings. The zero-order valence-electron chi connectivity index (χ0n) is 19.2. The Morgan fingerprint density at radius 2 is 1.48 bits per heavy atom. The van der Waals surface area contributed by atoms with Crippen LogP contribution < -0.4 is 14.0 Å². The standard InChI is InChI=1S/C24H33F3O2SSi/c1-6-8-12-24(13-9-7-2)14-28-20-21(29-15-24)23(31(3,4)5)30-22(20)16-10-11-17(25)19(27)18(16)26/h10-11H,6-9,12-15H2,1-5H3. The van der Waals surface area contributed by atoms with E-state index in [1.807, 2.05) is 0 Å². The minimum Gasteiger partial charge on any atom is -0.488 e. The lowest BCUT2D eigenvalue weighted by atomic mass is 9.79. The predicted molar refractivity (Wildman–Crippen MR) is 125 cm³/mol. The molecule has 0 radical (unpaired) electrons. The first-order valence-electron chi connectivity index (χ1n) is 11.2. The van der Waals surface area contributed by atoms with E-state index < -0.39 is 25.5 Å². The van der Waals surface area contributed by atoms with E-state index in [1.54, 1.807) is 0 Å². The molecule has 1 aromatic carbocycles. The molecule has 0 bridgehead atoms. The topological polar surface area (TPSA) is 18.5 Å². The summed E-state index contributed by atoms with van der Waals surface area (Å²) in [6.07, 6.45) is 6.40. The number of ether oxygens (including phenoxy) is 2. The van der Waals surface area contributed by atoms with Gasteiger partial charge in [-0.3, -0.25) is 0 Å². The van der Waals surface area contributed by atoms with Crippen molar-refractivity contribution in [3.63, 3.8) is 0 Å². The van der Waals surface area contributed by atoms with Crippen LogP contribution in [-0.2, 0) is 0 Å². The summed E-state index contributed by atoms with van der Waals surface area (Å²) in [4.78, 5) is 0.491. The Labute approximate surface area is 188 Å². The predicted octanol–water partition coefficient (Wildman–Crippen LogP) is 7.52. The van der Waals surface area contributed by atoms with Gasteiger partial charge in [-0.25, -0.2) is 13.2 Å². The van der Waals surface area contributed by atoms with Gasteiger partial charge in [0.05, 0.1) is 26.2 Å². The SMILES string of the molecule is CCCCC1(CCCC)COc2c(-c3ccc(F)c(F)c3F)sc([Si](C)(C)C)c2OC1. The fraction of sp³-hybridized carbons (Fsp3) is 0.583. The molecule has 2 heterocycles. The fourth-order valence-corrected chi connectivity index (χ4v) is 7.40. The number of hydrogen-bond acceptors (Lipinski definition) is 3. The Morgan fingerprint density at radius 3 is 2.03 bits per heavy atom. The lowest BCUT2D eigenvalue weighted by Crippen LogP contribution is -2.37. The molecule has 1 aliphatic heterocycles. The monoisotopic (exact) mass is 470 g/mol. The van der Waals surface area contributed by atoms with Crippen LogP contribution >= 0.6 is 11.3 Å². The van der Waals surface area contributed by atoms with E-state index in [1.165, 1.54) is 17.4 Å². The molecular weight excluding hydrogens is 437 g/mol. The zero-order valence-corrected chi connectivity index (χ0v) is 21.0. The summed E-state index contributed by atoms with van der Waals surface area (Å²) >= 11 is 1.39. The van der Waals surface area contributed by atoms with Crippen LogP contribution in [0.3, 0.4) is 0 Å². The van der Waals surface area contributed by atoms with Gasteiger partial charge in [-0.1, -0.05) is 59.2 Å². The quantitative estimate of drug-likeness (QED) is 0.293. The normalized spacial score (nSPS) is 15.7. The average Bonchev–Trinajstić information content (AvgIpc) is 3.00. The van der Waals surface area contributed by atoms with Gasteiger partial charge in [0.25, 0.3) is 0 Å². The summed E-state index contributed by atoms with van der Waals surface area (Å²) in [5.41, 5.74) is -0.0635. The van der Waals surface area contributed by atoms with Gasteiger partial charge >= 0.3 is 0 Å². The lowest BCUT2D eigenvalue weighted by Gasteiger charge is -2.31. The molecule has 0 fully saturated rings. The molecule has 0 amide bonds. The summed E-state index contributed by atoms with van der Waals surface area (Å²) in [5, 5.41) is 0. The first-order valence-corrected chi connectivity index (χ1v) is 15.5. The molecule has 172 valence electrons. The van der Waals surface area contributed by atoms with Crippen molar-refractivity contribution in [2.75, 3.05) is 13.2 Å². The van der Waals surface area contributed by atoms with Crippen molar-refractivity contribution in [3.05, 3.63) is 29.6 Å². The number of fused-ring (bicyclic) bond motifs is 1. The maximum Gasteiger partial charge on any atom is 0.195 e. The summed E-state index contributed by atoms with van der Waals surface area (Å²) in [7, 11) is -1.86. The third-order valence-electron chi connectivity index (χ3n) is 5.95. The van der Waals surface area contributed by atoms with Gasteiger partial charge in [0.15, 0.2) is 29.0 Å². The first kappa shape index (κ1) is 24.2. The second kappa shape index (κ2) is 9.57. The molecule has 1 aromatic heterocycles. The van der Waals surface area contributed by atoms with Crippen molar-refractivity contribution in [1.82, 2.24) is 0 Å². The van der Waals surface area contributed by atoms with E-state index in [9.17, 15) is 13.2 Å². The molecule has 0 saturated heterocycles. The molecule has 0 unspecified atom stereocenters. The highest BCUT2D eigenvalue weighted by Crippen LogP contribution is 2.49. The smallest absolute Gasteiger partial charge is 0.195 e. The molecule has 7 heteroatoms. The summed E-state index contributed by atoms with van der Waals surface area (Å²) in [6, 6.07) is 2.27. The van der Waals surface area contributed by atoms with E-state index in [4.69, 9.17) is 9.47 Å². The van der Waals surface area contributed by atoms with Crippen LogP contribution in [0.25, 0.3) is 10.4 Å². The van der Waals surface area contributed by atoms with E-state index in [2.05, 4.69) is 33.5 Å². The minimum absolute atomic E-state index is 0.0304. The third-order valence-corrected chi connectivity index (χ3v) is 10.7. The molecule has 1 aliphatic rings. The summed E-state index contributed by atoms with van der Waals surface area (Å²) in [5.74, 6) is -2.66. The zero-order chi connectivity index (χ0) is 22.8. The van der Waals surface area contributed by atoms with E-state index in [-0.39, 0.29) is 11.0 Å². The summed E-state index contributed by atoms with van der Waals surface area (Å²) < 4.78 is 56.2. The molecule has 0 N–H and O–H groups in total. The van der Waals surface area contributed by atoms with Crippen molar-refractivity contribution in [2.24, 2.45) is 5.41 Å². The fourth-order valence-electron chi connectivity index (χ4n) is 4.04. The van der Waals surface area contributed by atoms with Crippen LogP contribution in [0.1, 0.15) is 52.4 Å². The Hall–Kier alpha value is -1.47. The molecule has 0 spiro atoms. The van der Waals surface area contributed by atoms with Crippen LogP contribution in [-0.4, -0.2) is 21.3 Å². The van der Waals surface area contributed by atoms with E-state index >= 15 is 0 Å². The van der Waals surface area contributed by atoms with Gasteiger partial charge in [-0.05, 0) is 25.0 Å². The Bertz CT molecular complexity index is 913. The number of halogens is 3.